The summed E-state index contributed by atoms with van der Waals surface area (Å²) in [5.41, 5.74) is 5.59. The first-order valence-corrected chi connectivity index (χ1v) is 7.67. The van der Waals surface area contributed by atoms with Gasteiger partial charge in [-0.3, -0.25) is 0 Å². The minimum atomic E-state index is 0.841. The molecule has 1 aromatic carbocycles. The van der Waals surface area contributed by atoms with Crippen LogP contribution in [0.25, 0.3) is 0 Å². The Morgan fingerprint density at radius 2 is 2.10 bits per heavy atom. The summed E-state index contributed by atoms with van der Waals surface area (Å²) in [6.45, 7) is 1.88. The Balaban J connectivity index is 1.49. The maximum absolute atomic E-state index is 5.56. The van der Waals surface area contributed by atoms with Crippen molar-refractivity contribution in [3.05, 3.63) is 47.0 Å². The average Bonchev–Trinajstić information content (AvgIpc) is 3.11. The minimum Gasteiger partial charge on any atom is -0.493 e. The fraction of sp³-hybridized carbons (Fsp3) is 0.471. The largest absolute Gasteiger partial charge is 0.493 e. The van der Waals surface area contributed by atoms with E-state index in [0.29, 0.717) is 0 Å². The van der Waals surface area contributed by atoms with Gasteiger partial charge in [-0.2, -0.15) is 0 Å². The second kappa shape index (κ2) is 4.97. The number of hydrogen-bond acceptors (Lipinski definition) is 2. The van der Waals surface area contributed by atoms with Gasteiger partial charge in [0.2, 0.25) is 0 Å². The van der Waals surface area contributed by atoms with Crippen LogP contribution in [0.3, 0.4) is 0 Å². The van der Waals surface area contributed by atoms with Crippen molar-refractivity contribution in [2.45, 2.75) is 45.1 Å². The van der Waals surface area contributed by atoms with Crippen molar-refractivity contribution in [3.63, 3.8) is 0 Å². The van der Waals surface area contributed by atoms with Crippen molar-refractivity contribution >= 4 is 0 Å². The molecule has 1 aromatic heterocycles. The molecule has 1 aliphatic carbocycles. The van der Waals surface area contributed by atoms with Gasteiger partial charge in [0.15, 0.2) is 0 Å². The summed E-state index contributed by atoms with van der Waals surface area (Å²) >= 11 is 0. The molecule has 3 nitrogen and oxygen atoms in total. The third kappa shape index (κ3) is 2.11. The number of ether oxygens (including phenoxy) is 1. The van der Waals surface area contributed by atoms with E-state index in [1.54, 1.807) is 0 Å². The van der Waals surface area contributed by atoms with Crippen LogP contribution in [0.5, 0.6) is 5.75 Å². The fourth-order valence-electron chi connectivity index (χ4n) is 3.37. The summed E-state index contributed by atoms with van der Waals surface area (Å²) in [5, 5.41) is 0. The predicted molar refractivity (Wildman–Crippen MR) is 78.2 cm³/mol. The van der Waals surface area contributed by atoms with Crippen LogP contribution >= 0.6 is 0 Å². The SMILES string of the molecule is c1cc2c(cc1CCn1cnc3c1CCCC3)CCO2. The number of rotatable bonds is 3. The van der Waals surface area contributed by atoms with Crippen molar-refractivity contribution < 1.29 is 4.74 Å². The number of nitrogens with zero attached hydrogens (tertiary/aromatic N) is 2. The molecule has 0 saturated carbocycles. The molecular weight excluding hydrogens is 248 g/mol. The number of benzene rings is 1. The van der Waals surface area contributed by atoms with Gasteiger partial charge in [0.25, 0.3) is 0 Å². The fourth-order valence-corrected chi connectivity index (χ4v) is 3.37. The molecule has 0 spiro atoms. The molecule has 0 bridgehead atoms. The first kappa shape index (κ1) is 12.0. The van der Waals surface area contributed by atoms with Crippen LogP contribution in [0.1, 0.15) is 35.4 Å². The Morgan fingerprint density at radius 3 is 3.10 bits per heavy atom. The Kier molecular flexibility index (Phi) is 2.98. The van der Waals surface area contributed by atoms with E-state index in [-0.39, 0.29) is 0 Å². The summed E-state index contributed by atoms with van der Waals surface area (Å²) < 4.78 is 7.92. The monoisotopic (exact) mass is 268 g/mol. The van der Waals surface area contributed by atoms with Gasteiger partial charge in [-0.05, 0) is 49.3 Å². The molecule has 0 N–H and O–H groups in total. The van der Waals surface area contributed by atoms with Crippen LogP contribution in [0.4, 0.5) is 0 Å². The minimum absolute atomic E-state index is 0.841. The summed E-state index contributed by atoms with van der Waals surface area (Å²) in [7, 11) is 0. The molecule has 0 unspecified atom stereocenters. The van der Waals surface area contributed by atoms with E-state index in [1.807, 2.05) is 6.33 Å². The zero-order chi connectivity index (χ0) is 13.4. The van der Waals surface area contributed by atoms with Crippen LogP contribution in [0.15, 0.2) is 24.5 Å². The average molecular weight is 268 g/mol. The summed E-state index contributed by atoms with van der Waals surface area (Å²) in [4.78, 5) is 4.57. The highest BCUT2D eigenvalue weighted by Crippen LogP contribution is 2.26. The highest BCUT2D eigenvalue weighted by molar-refractivity contribution is 5.39. The Bertz CT molecular complexity index is 630. The predicted octanol–water partition coefficient (Wildman–Crippen LogP) is 2.94. The van der Waals surface area contributed by atoms with E-state index >= 15 is 0 Å². The van der Waals surface area contributed by atoms with Gasteiger partial charge >= 0.3 is 0 Å². The van der Waals surface area contributed by atoms with Gasteiger partial charge < -0.3 is 9.30 Å². The molecule has 1 aliphatic heterocycles. The molecular formula is C17H20N2O. The van der Waals surface area contributed by atoms with E-state index in [4.69, 9.17) is 4.74 Å². The second-order valence-corrected chi connectivity index (χ2v) is 5.83. The lowest BCUT2D eigenvalue weighted by Crippen LogP contribution is -2.09. The molecule has 20 heavy (non-hydrogen) atoms. The first-order chi connectivity index (χ1) is 9.90. The van der Waals surface area contributed by atoms with E-state index in [0.717, 1.165) is 31.7 Å². The lowest BCUT2D eigenvalue weighted by atomic mass is 10.0. The van der Waals surface area contributed by atoms with Gasteiger partial charge in [0, 0.05) is 18.7 Å². The molecule has 4 rings (SSSR count). The van der Waals surface area contributed by atoms with Crippen molar-refractivity contribution in [2.24, 2.45) is 0 Å². The molecule has 0 radical (unpaired) electrons. The van der Waals surface area contributed by atoms with Crippen molar-refractivity contribution in [2.75, 3.05) is 6.61 Å². The second-order valence-electron chi connectivity index (χ2n) is 5.83. The van der Waals surface area contributed by atoms with Crippen LogP contribution in [0, 0.1) is 0 Å². The van der Waals surface area contributed by atoms with Gasteiger partial charge in [0.1, 0.15) is 5.75 Å². The summed E-state index contributed by atoms with van der Waals surface area (Å²) in [6, 6.07) is 6.64. The number of aromatic nitrogens is 2. The number of imidazole rings is 1. The van der Waals surface area contributed by atoms with Crippen molar-refractivity contribution in [1.29, 1.82) is 0 Å². The van der Waals surface area contributed by atoms with Crippen molar-refractivity contribution in [3.8, 4) is 5.75 Å². The Morgan fingerprint density at radius 1 is 1.15 bits per heavy atom. The summed E-state index contributed by atoms with van der Waals surface area (Å²) in [6.07, 6.45) is 9.15. The standard InChI is InChI=1S/C17H20N2O/c1-2-4-16-15(3-1)18-12-19(16)9-7-13-5-6-17-14(11-13)8-10-20-17/h5-6,11-12H,1-4,7-10H2. The van der Waals surface area contributed by atoms with Crippen LogP contribution < -0.4 is 4.74 Å². The van der Waals surface area contributed by atoms with E-state index in [9.17, 15) is 0 Å². The third-order valence-corrected chi connectivity index (χ3v) is 4.51. The summed E-state index contributed by atoms with van der Waals surface area (Å²) in [5.74, 6) is 1.08. The Hall–Kier alpha value is -1.77. The zero-order valence-corrected chi connectivity index (χ0v) is 11.8. The van der Waals surface area contributed by atoms with Crippen LogP contribution in [-0.4, -0.2) is 16.2 Å². The normalized spacial score (nSPS) is 16.6. The zero-order valence-electron chi connectivity index (χ0n) is 11.8. The van der Waals surface area contributed by atoms with E-state index in [2.05, 4.69) is 27.8 Å². The maximum Gasteiger partial charge on any atom is 0.122 e. The van der Waals surface area contributed by atoms with E-state index in [1.165, 1.54) is 48.2 Å². The molecule has 0 amide bonds. The molecule has 2 aromatic rings. The molecule has 0 saturated heterocycles. The van der Waals surface area contributed by atoms with Gasteiger partial charge in [-0.1, -0.05) is 12.1 Å². The maximum atomic E-state index is 5.56. The third-order valence-electron chi connectivity index (χ3n) is 4.51. The molecule has 3 heteroatoms. The lowest BCUT2D eigenvalue weighted by molar-refractivity contribution is 0.357. The number of fused-ring (bicyclic) bond motifs is 2. The molecule has 2 heterocycles. The van der Waals surface area contributed by atoms with Crippen molar-refractivity contribution in [1.82, 2.24) is 9.55 Å². The molecule has 104 valence electrons. The van der Waals surface area contributed by atoms with Gasteiger partial charge in [-0.25, -0.2) is 4.98 Å². The van der Waals surface area contributed by atoms with Gasteiger partial charge in [-0.15, -0.1) is 0 Å². The quantitative estimate of drug-likeness (QED) is 0.856. The van der Waals surface area contributed by atoms with E-state index < -0.39 is 0 Å². The molecule has 2 aliphatic rings. The smallest absolute Gasteiger partial charge is 0.122 e. The lowest BCUT2D eigenvalue weighted by Gasteiger charge is -2.14. The first-order valence-electron chi connectivity index (χ1n) is 7.67. The number of hydrogen-bond donors (Lipinski definition) is 0. The van der Waals surface area contributed by atoms with Crippen LogP contribution in [0.2, 0.25) is 0 Å². The molecule has 0 fully saturated rings. The van der Waals surface area contributed by atoms with Gasteiger partial charge in [0.05, 0.1) is 18.6 Å². The highest BCUT2D eigenvalue weighted by Gasteiger charge is 2.15. The Labute approximate surface area is 119 Å². The molecule has 0 atom stereocenters. The number of aryl methyl sites for hydroxylation is 3. The van der Waals surface area contributed by atoms with Crippen LogP contribution in [-0.2, 0) is 32.2 Å². The topological polar surface area (TPSA) is 27.1 Å². The highest BCUT2D eigenvalue weighted by atomic mass is 16.5.